The Bertz CT molecular complexity index is 3860. The molecule has 8 aromatic carbocycles. The molecule has 0 fully saturated rings. The molecule has 1 radical (unpaired) electrons. The quantitative estimate of drug-likeness (QED) is 0.173. The molecule has 13 rings (SSSR count). The van der Waals surface area contributed by atoms with Crippen LogP contribution < -0.4 is 21.1 Å². The average molecular weight is 998 g/mol. The van der Waals surface area contributed by atoms with Crippen LogP contribution in [0.1, 0.15) is 161 Å². The summed E-state index contributed by atoms with van der Waals surface area (Å²) in [6.45, 7) is 31.8. The molecule has 0 spiro atoms. The van der Waals surface area contributed by atoms with Crippen LogP contribution in [-0.4, -0.2) is 7.28 Å². The van der Waals surface area contributed by atoms with Crippen LogP contribution in [-0.2, 0) is 32.5 Å². The van der Waals surface area contributed by atoms with Gasteiger partial charge in [-0.1, -0.05) is 173 Å². The number of nitrogens with zero attached hydrogens (tertiary/aromatic N) is 1. The van der Waals surface area contributed by atoms with Crippen molar-refractivity contribution in [2.75, 3.05) is 10.2 Å². The van der Waals surface area contributed by atoms with Gasteiger partial charge in [-0.2, -0.15) is 0 Å². The zero-order valence-corrected chi connectivity index (χ0v) is 47.7. The molecule has 1 N–H and O–H groups in total. The molecule has 3 aliphatic carbocycles. The van der Waals surface area contributed by atoms with Gasteiger partial charge in [-0.3, -0.25) is 0 Å². The lowest BCUT2D eigenvalue weighted by Crippen LogP contribution is -2.41. The normalized spacial score (nSPS) is 19.1. The smallest absolute Gasteiger partial charge is 0.197 e. The minimum absolute atomic E-state index is 0.0456. The fourth-order valence-electron chi connectivity index (χ4n) is 14.2. The molecule has 1 aliphatic heterocycles. The molecule has 4 heteroatoms. The first-order chi connectivity index (χ1) is 35.5. The average Bonchev–Trinajstić information content (AvgIpc) is 3.76. The first kappa shape index (κ1) is 48.5. The van der Waals surface area contributed by atoms with Gasteiger partial charge in [-0.25, -0.2) is 0 Å². The molecule has 4 aliphatic rings. The lowest BCUT2D eigenvalue weighted by atomic mass is 9.57. The van der Waals surface area contributed by atoms with Gasteiger partial charge in [-0.05, 0) is 198 Å². The van der Waals surface area contributed by atoms with Crippen LogP contribution in [0.5, 0.6) is 0 Å². The van der Waals surface area contributed by atoms with Crippen molar-refractivity contribution in [1.82, 2.24) is 0 Å². The summed E-state index contributed by atoms with van der Waals surface area (Å²) in [6, 6.07) is 52.3. The van der Waals surface area contributed by atoms with Crippen molar-refractivity contribution in [3.8, 4) is 22.3 Å². The fraction of sp³-hybridized carbons (Fsp3) is 0.352. The van der Waals surface area contributed by atoms with Gasteiger partial charge in [0.25, 0.3) is 0 Å². The Labute approximate surface area is 452 Å². The molecule has 0 amide bonds. The van der Waals surface area contributed by atoms with Gasteiger partial charge in [0.2, 0.25) is 0 Å². The lowest BCUT2D eigenvalue weighted by Gasteiger charge is -2.44. The Morgan fingerprint density at radius 1 is 0.440 bits per heavy atom. The van der Waals surface area contributed by atoms with Crippen LogP contribution in [0.2, 0.25) is 0 Å². The van der Waals surface area contributed by atoms with E-state index in [1.54, 1.807) is 0 Å². The highest BCUT2D eigenvalue weighted by atomic mass is 32.1. The Balaban J connectivity index is 1.12. The van der Waals surface area contributed by atoms with E-state index in [4.69, 9.17) is 0 Å². The summed E-state index contributed by atoms with van der Waals surface area (Å²) in [5.74, 6) is 0. The van der Waals surface area contributed by atoms with Crippen LogP contribution in [0.4, 0.5) is 28.4 Å². The highest BCUT2D eigenvalue weighted by Gasteiger charge is 2.42. The zero-order chi connectivity index (χ0) is 52.4. The van der Waals surface area contributed by atoms with E-state index >= 15 is 0 Å². The molecule has 2 nitrogen and oxygen atoms in total. The number of fused-ring (bicyclic) bond motifs is 9. The third-order valence-corrected chi connectivity index (χ3v) is 20.6. The summed E-state index contributed by atoms with van der Waals surface area (Å²) < 4.78 is 2.71. The third-order valence-electron chi connectivity index (χ3n) is 19.4. The SMILES string of the molecule is Cc1cc2c(cc1N1c3cc(-c4ccccc4)ccc3[B]c3c1cc1ccccc1c3-c1c(Nc3ccc4c(c3)C(C)(C)CCC4(C)C)ccc3c1sc1cc4c(cc13)C(C)(C)CCC4(C)C)C(C)(C)CCC2(C)C. The van der Waals surface area contributed by atoms with Crippen molar-refractivity contribution in [3.05, 3.63) is 172 Å². The number of aryl methyl sites for hydroxylation is 1. The Morgan fingerprint density at radius 3 is 1.71 bits per heavy atom. The van der Waals surface area contributed by atoms with E-state index in [-0.39, 0.29) is 32.5 Å². The van der Waals surface area contributed by atoms with E-state index in [2.05, 4.69) is 241 Å². The zero-order valence-electron chi connectivity index (χ0n) is 46.9. The van der Waals surface area contributed by atoms with E-state index in [1.165, 1.54) is 152 Å². The van der Waals surface area contributed by atoms with Gasteiger partial charge in [0.15, 0.2) is 7.28 Å². The second kappa shape index (κ2) is 16.5. The molecule has 0 saturated heterocycles. The minimum atomic E-state index is 0.0456. The Hall–Kier alpha value is -6.10. The number of rotatable bonds is 5. The van der Waals surface area contributed by atoms with Gasteiger partial charge >= 0.3 is 0 Å². The van der Waals surface area contributed by atoms with Crippen molar-refractivity contribution in [2.24, 2.45) is 0 Å². The number of nitrogens with one attached hydrogen (secondary N) is 1. The highest BCUT2D eigenvalue weighted by molar-refractivity contribution is 7.26. The second-order valence-corrected chi connectivity index (χ2v) is 28.3. The largest absolute Gasteiger partial charge is 0.355 e. The maximum Gasteiger partial charge on any atom is 0.197 e. The van der Waals surface area contributed by atoms with Crippen LogP contribution in [0.25, 0.3) is 53.2 Å². The van der Waals surface area contributed by atoms with E-state index in [9.17, 15) is 0 Å². The summed E-state index contributed by atoms with van der Waals surface area (Å²) in [7, 11) is 2.53. The Morgan fingerprint density at radius 2 is 1.03 bits per heavy atom. The third kappa shape index (κ3) is 7.61. The highest BCUT2D eigenvalue weighted by Crippen LogP contribution is 2.55. The number of anilines is 5. The maximum absolute atomic E-state index is 4.20. The fourth-order valence-corrected chi connectivity index (χ4v) is 15.5. The van der Waals surface area contributed by atoms with Crippen LogP contribution in [0.3, 0.4) is 0 Å². The second-order valence-electron chi connectivity index (χ2n) is 27.3. The molecule has 0 unspecified atom stereocenters. The first-order valence-corrected chi connectivity index (χ1v) is 28.9. The first-order valence-electron chi connectivity index (χ1n) is 28.0. The van der Waals surface area contributed by atoms with Crippen LogP contribution >= 0.6 is 11.3 Å². The summed E-state index contributed by atoms with van der Waals surface area (Å²) in [5.41, 5.74) is 24.3. The number of hydrogen-bond acceptors (Lipinski definition) is 3. The predicted molar refractivity (Wildman–Crippen MR) is 328 cm³/mol. The summed E-state index contributed by atoms with van der Waals surface area (Å²) in [6.07, 6.45) is 7.10. The van der Waals surface area contributed by atoms with Gasteiger partial charge in [0.1, 0.15) is 0 Å². The molecular formula is C71H74BN2S. The molecule has 2 heterocycles. The molecule has 75 heavy (non-hydrogen) atoms. The van der Waals surface area contributed by atoms with E-state index in [1.807, 2.05) is 11.3 Å². The van der Waals surface area contributed by atoms with Crippen LogP contribution in [0, 0.1) is 6.92 Å². The van der Waals surface area contributed by atoms with Crippen molar-refractivity contribution >= 4 is 88.9 Å². The topological polar surface area (TPSA) is 15.3 Å². The monoisotopic (exact) mass is 998 g/mol. The summed E-state index contributed by atoms with van der Waals surface area (Å²) in [5, 5.41) is 9.42. The number of thiophene rings is 1. The molecule has 9 aromatic rings. The van der Waals surface area contributed by atoms with Crippen molar-refractivity contribution in [3.63, 3.8) is 0 Å². The molecule has 0 saturated carbocycles. The van der Waals surface area contributed by atoms with Gasteiger partial charge in [0, 0.05) is 54.2 Å². The molecule has 0 atom stereocenters. The lowest BCUT2D eigenvalue weighted by molar-refractivity contribution is 0.332. The van der Waals surface area contributed by atoms with Crippen LogP contribution in [0.15, 0.2) is 133 Å². The van der Waals surface area contributed by atoms with Gasteiger partial charge < -0.3 is 10.2 Å². The minimum Gasteiger partial charge on any atom is -0.355 e. The Kier molecular flexibility index (Phi) is 10.7. The number of hydrogen-bond donors (Lipinski definition) is 1. The van der Waals surface area contributed by atoms with E-state index in [0.29, 0.717) is 0 Å². The summed E-state index contributed by atoms with van der Waals surface area (Å²) in [4.78, 5) is 2.66. The molecule has 377 valence electrons. The molecule has 1 aromatic heterocycles. The standard InChI is InChI=1S/C71H74BN2S/c1-42-35-51-54(70(10,11)33-31-67(51,4)5)40-58(42)74-59-36-44(43-19-15-14-16-20-43)23-27-56(59)72-64-60(74)37-45-21-17-18-22-47(45)62(64)63-57(73-46-24-26-50-52(38-46)68(6,7)30-29-66(50,2)3)28-25-48-49-39-53-55(41-61(49)75-65(48)63)71(12,13)34-32-69(53,8)9/h14-28,35-41,73H,29-34H2,1-13H3. The maximum atomic E-state index is 4.20. The predicted octanol–water partition coefficient (Wildman–Crippen LogP) is 19.1. The van der Waals surface area contributed by atoms with E-state index in [0.717, 1.165) is 17.8 Å². The van der Waals surface area contributed by atoms with Crippen molar-refractivity contribution in [1.29, 1.82) is 0 Å². The summed E-state index contributed by atoms with van der Waals surface area (Å²) >= 11 is 2.00. The van der Waals surface area contributed by atoms with Crippen molar-refractivity contribution < 1.29 is 0 Å². The van der Waals surface area contributed by atoms with E-state index < -0.39 is 0 Å². The molecule has 0 bridgehead atoms. The van der Waals surface area contributed by atoms with Crippen molar-refractivity contribution in [2.45, 2.75) is 161 Å². The molecular weight excluding hydrogens is 924 g/mol. The van der Waals surface area contributed by atoms with Gasteiger partial charge in [0.05, 0.1) is 0 Å². The number of benzene rings is 8. The van der Waals surface area contributed by atoms with Gasteiger partial charge in [-0.15, -0.1) is 11.3 Å².